The average Bonchev–Trinajstić information content (AvgIpc) is 2.36. The molecule has 106 valence electrons. The monoisotopic (exact) mass is 282 g/mol. The summed E-state index contributed by atoms with van der Waals surface area (Å²) in [4.78, 5) is 0. The van der Waals surface area contributed by atoms with E-state index in [1.165, 1.54) is 4.31 Å². The molecule has 0 spiro atoms. The molecule has 19 heavy (non-hydrogen) atoms. The molecule has 2 N–H and O–H groups in total. The Balaban J connectivity index is 2.68. The van der Waals surface area contributed by atoms with Gasteiger partial charge in [-0.25, -0.2) is 12.7 Å². The molecule has 1 aliphatic rings. The molecule has 1 aliphatic carbocycles. The highest BCUT2D eigenvalue weighted by Crippen LogP contribution is 2.60. The van der Waals surface area contributed by atoms with Crippen molar-refractivity contribution in [2.75, 3.05) is 14.1 Å². The van der Waals surface area contributed by atoms with Gasteiger partial charge in [0.05, 0.1) is 0 Å². The van der Waals surface area contributed by atoms with Crippen LogP contribution >= 0.6 is 0 Å². The molecule has 0 aliphatic heterocycles. The van der Waals surface area contributed by atoms with Gasteiger partial charge in [0.1, 0.15) is 4.75 Å². The summed E-state index contributed by atoms with van der Waals surface area (Å²) in [7, 11) is -0.275. The van der Waals surface area contributed by atoms with Crippen LogP contribution in [0.15, 0.2) is 30.3 Å². The van der Waals surface area contributed by atoms with Gasteiger partial charge in [0.2, 0.25) is 10.0 Å². The maximum absolute atomic E-state index is 12.9. The Labute approximate surface area is 115 Å². The lowest BCUT2D eigenvalue weighted by atomic mass is 9.56. The zero-order valence-electron chi connectivity index (χ0n) is 11.9. The number of hydrogen-bond donors (Lipinski definition) is 1. The topological polar surface area (TPSA) is 63.4 Å². The third-order valence-corrected chi connectivity index (χ3v) is 7.41. The first-order valence-corrected chi connectivity index (χ1v) is 7.85. The van der Waals surface area contributed by atoms with Gasteiger partial charge in [-0.05, 0) is 12.0 Å². The SMILES string of the molecule is CN(C)S(=O)(=O)C1(c2ccccc2)C[C@@H](N)C1(C)C. The van der Waals surface area contributed by atoms with Gasteiger partial charge < -0.3 is 5.73 Å². The van der Waals surface area contributed by atoms with Gasteiger partial charge in [0.25, 0.3) is 0 Å². The number of rotatable bonds is 3. The van der Waals surface area contributed by atoms with Crippen molar-refractivity contribution in [2.45, 2.75) is 31.1 Å². The third kappa shape index (κ3) is 1.68. The van der Waals surface area contributed by atoms with Crippen molar-refractivity contribution in [1.82, 2.24) is 4.31 Å². The Kier molecular flexibility index (Phi) is 3.28. The summed E-state index contributed by atoms with van der Waals surface area (Å²) in [6.45, 7) is 3.88. The van der Waals surface area contributed by atoms with Crippen molar-refractivity contribution in [1.29, 1.82) is 0 Å². The number of hydrogen-bond acceptors (Lipinski definition) is 3. The molecule has 1 aromatic carbocycles. The number of nitrogens with two attached hydrogens (primary N) is 1. The summed E-state index contributed by atoms with van der Waals surface area (Å²) < 4.78 is 26.1. The summed E-state index contributed by atoms with van der Waals surface area (Å²) in [6.07, 6.45) is 0.463. The van der Waals surface area contributed by atoms with Crippen molar-refractivity contribution in [3.05, 3.63) is 35.9 Å². The van der Waals surface area contributed by atoms with Crippen LogP contribution < -0.4 is 5.73 Å². The summed E-state index contributed by atoms with van der Waals surface area (Å²) in [5, 5.41) is 0. The summed E-state index contributed by atoms with van der Waals surface area (Å²) >= 11 is 0. The fourth-order valence-corrected chi connectivity index (χ4v) is 5.36. The minimum absolute atomic E-state index is 0.109. The maximum atomic E-state index is 12.9. The Morgan fingerprint density at radius 3 is 2.11 bits per heavy atom. The molecule has 1 saturated carbocycles. The highest BCUT2D eigenvalue weighted by molar-refractivity contribution is 7.90. The van der Waals surface area contributed by atoms with Gasteiger partial charge in [0.15, 0.2) is 0 Å². The second-order valence-corrected chi connectivity index (χ2v) is 8.39. The number of benzene rings is 1. The fraction of sp³-hybridized carbons (Fsp3) is 0.571. The van der Waals surface area contributed by atoms with Crippen molar-refractivity contribution >= 4 is 10.0 Å². The lowest BCUT2D eigenvalue weighted by Gasteiger charge is -2.60. The van der Waals surface area contributed by atoms with Crippen molar-refractivity contribution in [2.24, 2.45) is 11.1 Å². The first-order chi connectivity index (χ1) is 8.68. The average molecular weight is 282 g/mol. The fourth-order valence-electron chi connectivity index (χ4n) is 3.09. The van der Waals surface area contributed by atoms with Crippen LogP contribution in [0.1, 0.15) is 25.8 Å². The molecule has 4 nitrogen and oxygen atoms in total. The maximum Gasteiger partial charge on any atom is 0.224 e. The second kappa shape index (κ2) is 4.30. The summed E-state index contributed by atoms with van der Waals surface area (Å²) in [6, 6.07) is 9.31. The van der Waals surface area contributed by atoms with Crippen molar-refractivity contribution < 1.29 is 8.42 Å². The van der Waals surface area contributed by atoms with E-state index in [1.54, 1.807) is 14.1 Å². The molecular weight excluding hydrogens is 260 g/mol. The van der Waals surface area contributed by atoms with E-state index in [-0.39, 0.29) is 6.04 Å². The molecule has 0 heterocycles. The first kappa shape index (κ1) is 14.5. The van der Waals surface area contributed by atoms with Crippen LogP contribution in [0.25, 0.3) is 0 Å². The van der Waals surface area contributed by atoms with Crippen LogP contribution in [0, 0.1) is 5.41 Å². The van der Waals surface area contributed by atoms with Gasteiger partial charge in [-0.1, -0.05) is 44.2 Å². The minimum atomic E-state index is -3.44. The molecule has 2 rings (SSSR count). The summed E-state index contributed by atoms with van der Waals surface area (Å²) in [5.41, 5.74) is 6.42. The third-order valence-electron chi connectivity index (χ3n) is 4.64. The predicted molar refractivity (Wildman–Crippen MR) is 77.1 cm³/mol. The molecule has 0 bridgehead atoms. The Morgan fingerprint density at radius 1 is 1.21 bits per heavy atom. The highest BCUT2D eigenvalue weighted by atomic mass is 32.2. The zero-order chi connectivity index (χ0) is 14.5. The molecule has 5 heteroatoms. The van der Waals surface area contributed by atoms with Crippen LogP contribution in [-0.4, -0.2) is 32.9 Å². The second-order valence-electron chi connectivity index (χ2n) is 6.01. The predicted octanol–water partition coefficient (Wildman–Crippen LogP) is 1.53. The van der Waals surface area contributed by atoms with E-state index in [0.717, 1.165) is 5.56 Å². The molecule has 0 amide bonds. The standard InChI is InChI=1S/C14H22N2O2S/c1-13(2)12(15)10-14(13,19(17,18)16(3)4)11-8-6-5-7-9-11/h5-9,12H,10,15H2,1-4H3/t12-,14?/m1/s1. The minimum Gasteiger partial charge on any atom is -0.327 e. The largest absolute Gasteiger partial charge is 0.327 e. The van der Waals surface area contributed by atoms with Gasteiger partial charge in [-0.2, -0.15) is 0 Å². The molecule has 1 unspecified atom stereocenters. The molecule has 2 atom stereocenters. The van der Waals surface area contributed by atoms with Crippen LogP contribution in [0.5, 0.6) is 0 Å². The van der Waals surface area contributed by atoms with Crippen LogP contribution in [0.3, 0.4) is 0 Å². The Morgan fingerprint density at radius 2 is 1.74 bits per heavy atom. The molecular formula is C14H22N2O2S. The molecule has 0 radical (unpaired) electrons. The lowest BCUT2D eigenvalue weighted by Crippen LogP contribution is -2.69. The molecule has 0 saturated heterocycles. The van der Waals surface area contributed by atoms with E-state index in [4.69, 9.17) is 5.73 Å². The zero-order valence-corrected chi connectivity index (χ0v) is 12.7. The Bertz CT molecular complexity index is 566. The van der Waals surface area contributed by atoms with Gasteiger partial charge in [0, 0.05) is 25.6 Å². The lowest BCUT2D eigenvalue weighted by molar-refractivity contribution is 0.0569. The quantitative estimate of drug-likeness (QED) is 0.914. The first-order valence-electron chi connectivity index (χ1n) is 6.41. The normalized spacial score (nSPS) is 30.1. The van der Waals surface area contributed by atoms with Gasteiger partial charge >= 0.3 is 0 Å². The van der Waals surface area contributed by atoms with E-state index in [2.05, 4.69) is 0 Å². The van der Waals surface area contributed by atoms with Crippen LogP contribution in [0.2, 0.25) is 0 Å². The summed E-state index contributed by atoms with van der Waals surface area (Å²) in [5.74, 6) is 0. The van der Waals surface area contributed by atoms with Crippen LogP contribution in [-0.2, 0) is 14.8 Å². The molecule has 0 aromatic heterocycles. The van der Waals surface area contributed by atoms with E-state index in [0.29, 0.717) is 6.42 Å². The molecule has 1 fully saturated rings. The highest BCUT2D eigenvalue weighted by Gasteiger charge is 2.67. The number of sulfonamides is 1. The molecule has 1 aromatic rings. The smallest absolute Gasteiger partial charge is 0.224 e. The van der Waals surface area contributed by atoms with Gasteiger partial charge in [-0.3, -0.25) is 0 Å². The van der Waals surface area contributed by atoms with Crippen molar-refractivity contribution in [3.63, 3.8) is 0 Å². The van der Waals surface area contributed by atoms with Crippen LogP contribution in [0.4, 0.5) is 0 Å². The van der Waals surface area contributed by atoms with E-state index < -0.39 is 20.2 Å². The number of nitrogens with zero attached hydrogens (tertiary/aromatic N) is 1. The van der Waals surface area contributed by atoms with Gasteiger partial charge in [-0.15, -0.1) is 0 Å². The van der Waals surface area contributed by atoms with E-state index >= 15 is 0 Å². The van der Waals surface area contributed by atoms with E-state index in [9.17, 15) is 8.42 Å². The van der Waals surface area contributed by atoms with E-state index in [1.807, 2.05) is 44.2 Å². The Hall–Kier alpha value is -0.910. The van der Waals surface area contributed by atoms with Crippen molar-refractivity contribution in [3.8, 4) is 0 Å².